The molecule has 0 bridgehead atoms. The number of carbonyl (C=O) groups is 1. The summed E-state index contributed by atoms with van der Waals surface area (Å²) >= 11 is 0. The summed E-state index contributed by atoms with van der Waals surface area (Å²) < 4.78 is 0. The van der Waals surface area contributed by atoms with Crippen molar-refractivity contribution in [2.75, 3.05) is 5.32 Å². The second-order valence-corrected chi connectivity index (χ2v) is 2.10. The van der Waals surface area contributed by atoms with Gasteiger partial charge in [0.1, 0.15) is 0 Å². The van der Waals surface area contributed by atoms with Gasteiger partial charge in [-0.25, -0.2) is 9.97 Å². The van der Waals surface area contributed by atoms with Crippen LogP contribution in [0.25, 0.3) is 0 Å². The van der Waals surface area contributed by atoms with Crippen LogP contribution in [0.3, 0.4) is 0 Å². The molecule has 0 aromatic carbocycles. The summed E-state index contributed by atoms with van der Waals surface area (Å²) in [5, 5.41) is 2.46. The van der Waals surface area contributed by atoms with Gasteiger partial charge in [-0.15, -0.1) is 0 Å². The van der Waals surface area contributed by atoms with Crippen molar-refractivity contribution in [1.29, 1.82) is 0 Å². The minimum absolute atomic E-state index is 0.171. The van der Waals surface area contributed by atoms with Crippen molar-refractivity contribution in [3.8, 4) is 0 Å². The molecule has 1 N–H and O–H groups in total. The molecule has 0 saturated heterocycles. The molecule has 1 aromatic rings. The van der Waals surface area contributed by atoms with Gasteiger partial charge in [0.05, 0.1) is 5.69 Å². The molecule has 1 heterocycles. The molecule has 4 nitrogen and oxygen atoms in total. The number of anilines is 1. The Hall–Kier alpha value is -1.45. The average molecular weight is 150 g/mol. The second-order valence-electron chi connectivity index (χ2n) is 2.10. The van der Waals surface area contributed by atoms with Crippen LogP contribution in [0.2, 0.25) is 0 Å². The number of aromatic nitrogens is 2. The van der Waals surface area contributed by atoms with Crippen molar-refractivity contribution in [1.82, 2.24) is 9.97 Å². The highest BCUT2D eigenvalue weighted by molar-refractivity contribution is 5.86. The molecule has 0 aliphatic carbocycles. The fraction of sp³-hybridized carbons (Fsp3) is 0.286. The van der Waals surface area contributed by atoms with Gasteiger partial charge in [0, 0.05) is 19.2 Å². The predicted octanol–water partition coefficient (Wildman–Crippen LogP) is 0.544. The van der Waals surface area contributed by atoms with Gasteiger partial charge < -0.3 is 0 Å². The van der Waals surface area contributed by atoms with Crippen molar-refractivity contribution in [2.45, 2.75) is 13.8 Å². The van der Waals surface area contributed by atoms with Crippen molar-refractivity contribution >= 4 is 11.9 Å². The molecule has 0 aliphatic heterocycles. The average Bonchev–Trinajstić information content (AvgIpc) is 1.85. The largest absolute Gasteiger partial charge is 0.295 e. The van der Waals surface area contributed by atoms with Crippen LogP contribution in [-0.2, 0) is 4.79 Å². The molecule has 0 fully saturated rings. The summed E-state index contributed by atoms with van der Waals surface area (Å²) in [6.45, 7) is 3.20. The molecular formula is C7H8N3O. The molecule has 1 rings (SSSR count). The van der Waals surface area contributed by atoms with Crippen LogP contribution in [-0.4, -0.2) is 15.9 Å². The lowest BCUT2D eigenvalue weighted by molar-refractivity contribution is -0.114. The van der Waals surface area contributed by atoms with Gasteiger partial charge in [0.25, 0.3) is 0 Å². The lowest BCUT2D eigenvalue weighted by atomic mass is 10.5. The first kappa shape index (κ1) is 7.65. The number of carbonyl (C=O) groups excluding carboxylic acids is 1. The van der Waals surface area contributed by atoms with Crippen LogP contribution in [0.1, 0.15) is 12.6 Å². The number of nitrogens with zero attached hydrogens (tertiary/aromatic N) is 2. The van der Waals surface area contributed by atoms with Crippen LogP contribution >= 0.6 is 0 Å². The van der Waals surface area contributed by atoms with E-state index >= 15 is 0 Å². The Morgan fingerprint density at radius 2 is 2.45 bits per heavy atom. The van der Waals surface area contributed by atoms with Crippen LogP contribution in [0.15, 0.2) is 6.20 Å². The summed E-state index contributed by atoms with van der Waals surface area (Å²) in [5.41, 5.74) is 0.712. The monoisotopic (exact) mass is 150 g/mol. The first-order valence-electron chi connectivity index (χ1n) is 3.17. The number of rotatable bonds is 1. The molecule has 57 valence electrons. The van der Waals surface area contributed by atoms with E-state index in [0.29, 0.717) is 11.6 Å². The smallest absolute Gasteiger partial charge is 0.229 e. The van der Waals surface area contributed by atoms with E-state index in [2.05, 4.69) is 21.4 Å². The fourth-order valence-corrected chi connectivity index (χ4v) is 0.625. The summed E-state index contributed by atoms with van der Waals surface area (Å²) in [4.78, 5) is 18.2. The molecule has 0 saturated carbocycles. The second kappa shape index (κ2) is 3.09. The molecule has 0 atom stereocenters. The maximum absolute atomic E-state index is 10.5. The van der Waals surface area contributed by atoms with E-state index in [1.54, 1.807) is 6.92 Å². The quantitative estimate of drug-likeness (QED) is 0.635. The normalized spacial score (nSPS) is 9.27. The summed E-state index contributed by atoms with van der Waals surface area (Å²) in [7, 11) is 0. The third kappa shape index (κ3) is 2.33. The first-order valence-corrected chi connectivity index (χ1v) is 3.17. The van der Waals surface area contributed by atoms with E-state index < -0.39 is 0 Å². The van der Waals surface area contributed by atoms with Crippen molar-refractivity contribution in [3.05, 3.63) is 18.0 Å². The molecule has 4 heteroatoms. The zero-order valence-electron chi connectivity index (χ0n) is 6.38. The van der Waals surface area contributed by atoms with Gasteiger partial charge in [0.2, 0.25) is 11.9 Å². The van der Waals surface area contributed by atoms with E-state index in [9.17, 15) is 4.79 Å². The molecule has 0 spiro atoms. The Balaban J connectivity index is 2.79. The number of hydrogen-bond acceptors (Lipinski definition) is 3. The van der Waals surface area contributed by atoms with Crippen LogP contribution in [0, 0.1) is 13.0 Å². The third-order valence-corrected chi connectivity index (χ3v) is 1.02. The number of amides is 1. The molecule has 1 radical (unpaired) electrons. The third-order valence-electron chi connectivity index (χ3n) is 1.02. The van der Waals surface area contributed by atoms with Crippen LogP contribution < -0.4 is 5.32 Å². The lowest BCUT2D eigenvalue weighted by Gasteiger charge is -1.98. The van der Waals surface area contributed by atoms with Crippen molar-refractivity contribution in [3.63, 3.8) is 0 Å². The molecule has 1 aromatic heterocycles. The Labute approximate surface area is 64.7 Å². The molecule has 1 amide bonds. The van der Waals surface area contributed by atoms with E-state index in [0.717, 1.165) is 0 Å². The maximum atomic E-state index is 10.5. The van der Waals surface area contributed by atoms with Crippen molar-refractivity contribution in [2.24, 2.45) is 0 Å². The zero-order valence-corrected chi connectivity index (χ0v) is 6.38. The van der Waals surface area contributed by atoms with Gasteiger partial charge in [-0.2, -0.15) is 0 Å². The highest BCUT2D eigenvalue weighted by atomic mass is 16.1. The minimum atomic E-state index is -0.171. The molecule has 0 aliphatic rings. The number of nitrogens with one attached hydrogen (secondary N) is 1. The molecule has 11 heavy (non-hydrogen) atoms. The summed E-state index contributed by atoms with van der Waals surface area (Å²) in [6.07, 6.45) is 1.48. The summed E-state index contributed by atoms with van der Waals surface area (Å²) in [5.74, 6) is 0.157. The highest BCUT2D eigenvalue weighted by Gasteiger charge is 1.96. The summed E-state index contributed by atoms with van der Waals surface area (Å²) in [6, 6.07) is 2.77. The standard InChI is InChI=1S/C7H8N3O/c1-5-3-4-8-7(9-5)10-6(2)11/h4H,1-2H3,(H,8,9,10,11). The maximum Gasteiger partial charge on any atom is 0.229 e. The topological polar surface area (TPSA) is 54.9 Å². The Morgan fingerprint density at radius 1 is 1.73 bits per heavy atom. The minimum Gasteiger partial charge on any atom is -0.295 e. The van der Waals surface area contributed by atoms with Gasteiger partial charge in [0.15, 0.2) is 0 Å². The van der Waals surface area contributed by atoms with Gasteiger partial charge in [-0.3, -0.25) is 10.1 Å². The van der Waals surface area contributed by atoms with E-state index in [4.69, 9.17) is 0 Å². The predicted molar refractivity (Wildman–Crippen MR) is 39.9 cm³/mol. The lowest BCUT2D eigenvalue weighted by Crippen LogP contribution is -2.09. The van der Waals surface area contributed by atoms with E-state index in [1.165, 1.54) is 13.1 Å². The van der Waals surface area contributed by atoms with Gasteiger partial charge >= 0.3 is 0 Å². The van der Waals surface area contributed by atoms with Crippen molar-refractivity contribution < 1.29 is 4.79 Å². The van der Waals surface area contributed by atoms with Crippen LogP contribution in [0.5, 0.6) is 0 Å². The first-order chi connectivity index (χ1) is 5.18. The SMILES string of the molecule is CC(=O)Nc1nc[c]c(C)n1. The zero-order chi connectivity index (χ0) is 8.27. The van der Waals surface area contributed by atoms with Gasteiger partial charge in [-0.05, 0) is 6.92 Å². The Bertz CT molecular complexity index is 272. The Morgan fingerprint density at radius 3 is 3.00 bits per heavy atom. The van der Waals surface area contributed by atoms with E-state index in [-0.39, 0.29) is 5.91 Å². The fourth-order valence-electron chi connectivity index (χ4n) is 0.625. The molecule has 0 unspecified atom stereocenters. The molecular weight excluding hydrogens is 142 g/mol. The number of aryl methyl sites for hydroxylation is 1. The number of hydrogen-bond donors (Lipinski definition) is 1. The Kier molecular flexibility index (Phi) is 2.15. The van der Waals surface area contributed by atoms with Gasteiger partial charge in [-0.1, -0.05) is 0 Å². The highest BCUT2D eigenvalue weighted by Crippen LogP contribution is 1.96. The van der Waals surface area contributed by atoms with E-state index in [1.807, 2.05) is 0 Å². The van der Waals surface area contributed by atoms with Crippen LogP contribution in [0.4, 0.5) is 5.95 Å².